The fourth-order valence-corrected chi connectivity index (χ4v) is 2.66. The molecule has 1 unspecified atom stereocenters. The Labute approximate surface area is 135 Å². The molecule has 1 fully saturated rings. The molecule has 1 amide bonds. The molecule has 1 saturated heterocycles. The third-order valence-electron chi connectivity index (χ3n) is 3.76. The Morgan fingerprint density at radius 2 is 2.23 bits per heavy atom. The summed E-state index contributed by atoms with van der Waals surface area (Å²) in [4.78, 5) is 11.9. The molecule has 0 spiro atoms. The second-order valence-electron chi connectivity index (χ2n) is 5.41. The van der Waals surface area contributed by atoms with Gasteiger partial charge < -0.3 is 15.4 Å². The lowest BCUT2D eigenvalue weighted by atomic mass is 9.98. The van der Waals surface area contributed by atoms with Crippen LogP contribution in [0.25, 0.3) is 0 Å². The standard InChI is InChI=1S/C15H20F2N2O2.ClH/c1-21-10-15(6-3-7-19-15)9-18-13(20)8-11-4-2-5-12(16)14(11)17;/h2,4-5,19H,3,6-10H2,1H3,(H,18,20);1H. The van der Waals surface area contributed by atoms with Gasteiger partial charge in [0.05, 0.1) is 18.6 Å². The zero-order valence-corrected chi connectivity index (χ0v) is 13.3. The van der Waals surface area contributed by atoms with Crippen LogP contribution in [-0.2, 0) is 16.0 Å². The summed E-state index contributed by atoms with van der Waals surface area (Å²) in [5.74, 6) is -2.23. The Morgan fingerprint density at radius 1 is 1.45 bits per heavy atom. The molecule has 0 bridgehead atoms. The van der Waals surface area contributed by atoms with E-state index in [2.05, 4.69) is 10.6 Å². The first kappa shape index (κ1) is 18.8. The van der Waals surface area contributed by atoms with Crippen LogP contribution in [0.15, 0.2) is 18.2 Å². The van der Waals surface area contributed by atoms with Gasteiger partial charge in [-0.3, -0.25) is 4.79 Å². The summed E-state index contributed by atoms with van der Waals surface area (Å²) in [6, 6.07) is 3.84. The number of methoxy groups -OCH3 is 1. The van der Waals surface area contributed by atoms with E-state index in [1.54, 1.807) is 7.11 Å². The highest BCUT2D eigenvalue weighted by Gasteiger charge is 2.33. The average Bonchev–Trinajstić information content (AvgIpc) is 2.91. The van der Waals surface area contributed by atoms with Crippen molar-refractivity contribution in [3.8, 4) is 0 Å². The molecule has 0 saturated carbocycles. The molecule has 2 rings (SSSR count). The van der Waals surface area contributed by atoms with Gasteiger partial charge in [0.1, 0.15) is 0 Å². The van der Waals surface area contributed by atoms with Crippen molar-refractivity contribution in [3.05, 3.63) is 35.4 Å². The number of nitrogens with one attached hydrogen (secondary N) is 2. The number of carbonyl (C=O) groups is 1. The van der Waals surface area contributed by atoms with E-state index < -0.39 is 11.6 Å². The van der Waals surface area contributed by atoms with Crippen LogP contribution >= 0.6 is 12.4 Å². The molecule has 2 N–H and O–H groups in total. The minimum absolute atomic E-state index is 0. The minimum atomic E-state index is -0.960. The molecule has 1 aromatic carbocycles. The van der Waals surface area contributed by atoms with Crippen molar-refractivity contribution in [1.29, 1.82) is 0 Å². The van der Waals surface area contributed by atoms with Gasteiger partial charge in [0.2, 0.25) is 5.91 Å². The number of benzene rings is 1. The minimum Gasteiger partial charge on any atom is -0.383 e. The van der Waals surface area contributed by atoms with Crippen molar-refractivity contribution in [2.45, 2.75) is 24.8 Å². The van der Waals surface area contributed by atoms with Gasteiger partial charge in [-0.25, -0.2) is 8.78 Å². The smallest absolute Gasteiger partial charge is 0.224 e. The molecule has 4 nitrogen and oxygen atoms in total. The molecule has 1 aliphatic heterocycles. The van der Waals surface area contributed by atoms with Crippen LogP contribution in [0.5, 0.6) is 0 Å². The van der Waals surface area contributed by atoms with Crippen LogP contribution in [0.4, 0.5) is 8.78 Å². The van der Waals surface area contributed by atoms with E-state index in [1.807, 2.05) is 0 Å². The topological polar surface area (TPSA) is 50.4 Å². The highest BCUT2D eigenvalue weighted by Crippen LogP contribution is 2.19. The van der Waals surface area contributed by atoms with Crippen molar-refractivity contribution in [1.82, 2.24) is 10.6 Å². The van der Waals surface area contributed by atoms with Crippen LogP contribution in [0.2, 0.25) is 0 Å². The molecule has 1 atom stereocenters. The molecular formula is C15H21ClF2N2O2. The SMILES string of the molecule is COCC1(CNC(=O)Cc2cccc(F)c2F)CCCN1.Cl. The van der Waals surface area contributed by atoms with Crippen molar-refractivity contribution in [2.75, 3.05) is 26.8 Å². The number of hydrogen-bond donors (Lipinski definition) is 2. The van der Waals surface area contributed by atoms with Crippen LogP contribution in [0, 0.1) is 11.6 Å². The number of halogens is 3. The maximum absolute atomic E-state index is 13.5. The third kappa shape index (κ3) is 4.63. The van der Waals surface area contributed by atoms with Crippen molar-refractivity contribution in [2.24, 2.45) is 0 Å². The van der Waals surface area contributed by atoms with Gasteiger partial charge in [-0.15, -0.1) is 12.4 Å². The lowest BCUT2D eigenvalue weighted by Gasteiger charge is -2.29. The molecule has 0 radical (unpaired) electrons. The maximum Gasteiger partial charge on any atom is 0.224 e. The fraction of sp³-hybridized carbons (Fsp3) is 0.533. The second kappa shape index (κ2) is 8.41. The Bertz CT molecular complexity index is 508. The van der Waals surface area contributed by atoms with Crippen molar-refractivity contribution in [3.63, 3.8) is 0 Å². The summed E-state index contributed by atoms with van der Waals surface area (Å²) in [6.07, 6.45) is 1.76. The molecular weight excluding hydrogens is 314 g/mol. The molecule has 1 aromatic rings. The van der Waals surface area contributed by atoms with Crippen LogP contribution in [0.3, 0.4) is 0 Å². The summed E-state index contributed by atoms with van der Waals surface area (Å²) >= 11 is 0. The first-order valence-corrected chi connectivity index (χ1v) is 7.00. The zero-order valence-electron chi connectivity index (χ0n) is 12.5. The van der Waals surface area contributed by atoms with Crippen LogP contribution in [0.1, 0.15) is 18.4 Å². The molecule has 7 heteroatoms. The Kier molecular flexibility index (Phi) is 7.19. The monoisotopic (exact) mass is 334 g/mol. The van der Waals surface area contributed by atoms with E-state index >= 15 is 0 Å². The fourth-order valence-electron chi connectivity index (χ4n) is 2.66. The maximum atomic E-state index is 13.5. The van der Waals surface area contributed by atoms with E-state index in [1.165, 1.54) is 12.1 Å². The first-order chi connectivity index (χ1) is 10.1. The predicted octanol–water partition coefficient (Wildman–Crippen LogP) is 1.81. The lowest BCUT2D eigenvalue weighted by molar-refractivity contribution is -0.120. The second-order valence-corrected chi connectivity index (χ2v) is 5.41. The molecule has 22 heavy (non-hydrogen) atoms. The lowest BCUT2D eigenvalue weighted by Crippen LogP contribution is -2.53. The van der Waals surface area contributed by atoms with Gasteiger partial charge >= 0.3 is 0 Å². The van der Waals surface area contributed by atoms with Crippen LogP contribution in [-0.4, -0.2) is 38.3 Å². The summed E-state index contributed by atoms with van der Waals surface area (Å²) in [6.45, 7) is 1.80. The van der Waals surface area contributed by atoms with E-state index in [4.69, 9.17) is 4.74 Å². The van der Waals surface area contributed by atoms with Gasteiger partial charge in [0.25, 0.3) is 0 Å². The Hall–Kier alpha value is -1.24. The molecule has 1 heterocycles. The van der Waals surface area contributed by atoms with Crippen LogP contribution < -0.4 is 10.6 Å². The van der Waals surface area contributed by atoms with E-state index in [0.29, 0.717) is 13.2 Å². The number of ether oxygens (including phenoxy) is 1. The van der Waals surface area contributed by atoms with Crippen molar-refractivity contribution >= 4 is 18.3 Å². The molecule has 0 aliphatic carbocycles. The highest BCUT2D eigenvalue weighted by atomic mass is 35.5. The number of amides is 1. The normalized spacial score (nSPS) is 20.5. The molecule has 0 aromatic heterocycles. The van der Waals surface area contributed by atoms with Gasteiger partial charge in [-0.2, -0.15) is 0 Å². The summed E-state index contributed by atoms with van der Waals surface area (Å²) in [7, 11) is 1.62. The van der Waals surface area contributed by atoms with E-state index in [-0.39, 0.29) is 35.8 Å². The summed E-state index contributed by atoms with van der Waals surface area (Å²) < 4.78 is 31.8. The zero-order chi connectivity index (χ0) is 15.3. The van der Waals surface area contributed by atoms with Gasteiger partial charge in [-0.05, 0) is 25.5 Å². The first-order valence-electron chi connectivity index (χ1n) is 7.00. The quantitative estimate of drug-likeness (QED) is 0.834. The average molecular weight is 335 g/mol. The Morgan fingerprint density at radius 3 is 2.86 bits per heavy atom. The Balaban J connectivity index is 0.00000242. The summed E-state index contributed by atoms with van der Waals surface area (Å²) in [5.41, 5.74) is -0.196. The number of rotatable bonds is 6. The number of carbonyl (C=O) groups excluding carboxylic acids is 1. The predicted molar refractivity (Wildman–Crippen MR) is 82.2 cm³/mol. The number of hydrogen-bond acceptors (Lipinski definition) is 3. The van der Waals surface area contributed by atoms with Gasteiger partial charge in [0.15, 0.2) is 11.6 Å². The van der Waals surface area contributed by atoms with Gasteiger partial charge in [-0.1, -0.05) is 12.1 Å². The molecule has 1 aliphatic rings. The van der Waals surface area contributed by atoms with Gasteiger partial charge in [0, 0.05) is 19.2 Å². The van der Waals surface area contributed by atoms with E-state index in [0.717, 1.165) is 25.5 Å². The molecule has 124 valence electrons. The van der Waals surface area contributed by atoms with Crippen molar-refractivity contribution < 1.29 is 18.3 Å². The van der Waals surface area contributed by atoms with E-state index in [9.17, 15) is 13.6 Å². The highest BCUT2D eigenvalue weighted by molar-refractivity contribution is 5.85. The third-order valence-corrected chi connectivity index (χ3v) is 3.76. The summed E-state index contributed by atoms with van der Waals surface area (Å²) in [5, 5.41) is 6.11. The largest absolute Gasteiger partial charge is 0.383 e.